The summed E-state index contributed by atoms with van der Waals surface area (Å²) in [5.74, 6) is 2.00. The lowest BCUT2D eigenvalue weighted by molar-refractivity contribution is -0.135. The van der Waals surface area contributed by atoms with Crippen molar-refractivity contribution < 1.29 is 19.1 Å². The van der Waals surface area contributed by atoms with Crippen LogP contribution in [0.25, 0.3) is 5.65 Å². The summed E-state index contributed by atoms with van der Waals surface area (Å²) in [7, 11) is 3.16. The van der Waals surface area contributed by atoms with E-state index in [0.717, 1.165) is 23.5 Å². The van der Waals surface area contributed by atoms with Crippen molar-refractivity contribution in [3.63, 3.8) is 0 Å². The van der Waals surface area contributed by atoms with Gasteiger partial charge in [-0.1, -0.05) is 6.07 Å². The number of nitrogens with one attached hydrogen (secondary N) is 1. The molecule has 0 saturated carbocycles. The van der Waals surface area contributed by atoms with Gasteiger partial charge in [-0.15, -0.1) is 10.2 Å². The van der Waals surface area contributed by atoms with Crippen LogP contribution in [-0.4, -0.2) is 58.1 Å². The highest BCUT2D eigenvalue weighted by Gasteiger charge is 2.36. The fraction of sp³-hybridized carbons (Fsp3) is 0.391. The average Bonchev–Trinajstić information content (AvgIpc) is 3.40. The molecule has 1 atom stereocenters. The van der Waals surface area contributed by atoms with Crippen LogP contribution in [0.2, 0.25) is 0 Å². The maximum Gasteiger partial charge on any atom is 0.242 e. The number of likely N-dealkylation sites (tertiary alicyclic amines) is 1. The zero-order valence-electron chi connectivity index (χ0n) is 18.3. The SMILES string of the molecule is COc1ccc(CN2C(=O)CCC2C(=O)NCCCc2nnc3ccccn23)c(OC)c1. The summed E-state index contributed by atoms with van der Waals surface area (Å²) in [6.45, 7) is 0.820. The standard InChI is InChI=1S/C23H27N5O4/c1-31-17-9-8-16(19(14-17)32-2)15-28-18(10-11-22(28)29)23(30)24-12-5-7-21-26-25-20-6-3-4-13-27(20)21/h3-4,6,8-9,13-14,18H,5,7,10-12,15H2,1-2H3,(H,24,30). The Morgan fingerprint density at radius 3 is 2.88 bits per heavy atom. The second kappa shape index (κ2) is 9.67. The maximum atomic E-state index is 12.8. The molecule has 0 bridgehead atoms. The molecule has 0 spiro atoms. The predicted octanol–water partition coefficient (Wildman–Crippen LogP) is 1.99. The molecule has 1 aliphatic heterocycles. The Hall–Kier alpha value is -3.62. The summed E-state index contributed by atoms with van der Waals surface area (Å²) in [4.78, 5) is 26.9. The Morgan fingerprint density at radius 2 is 2.06 bits per heavy atom. The first-order chi connectivity index (χ1) is 15.6. The molecule has 3 heterocycles. The van der Waals surface area contributed by atoms with Crippen molar-refractivity contribution in [1.29, 1.82) is 0 Å². The number of hydrogen-bond acceptors (Lipinski definition) is 6. The number of benzene rings is 1. The Kier molecular flexibility index (Phi) is 6.53. The van der Waals surface area contributed by atoms with Crippen molar-refractivity contribution in [2.45, 2.75) is 38.3 Å². The smallest absolute Gasteiger partial charge is 0.242 e. The molecule has 0 aliphatic carbocycles. The fourth-order valence-electron chi connectivity index (χ4n) is 4.01. The van der Waals surface area contributed by atoms with Crippen molar-refractivity contribution in [1.82, 2.24) is 24.8 Å². The van der Waals surface area contributed by atoms with Gasteiger partial charge in [-0.05, 0) is 37.1 Å². The topological polar surface area (TPSA) is 98.1 Å². The number of carbonyl (C=O) groups excluding carboxylic acids is 2. The maximum absolute atomic E-state index is 12.8. The predicted molar refractivity (Wildman–Crippen MR) is 117 cm³/mol. The molecule has 168 valence electrons. The van der Waals surface area contributed by atoms with E-state index in [1.807, 2.05) is 40.9 Å². The molecule has 4 rings (SSSR count). The van der Waals surface area contributed by atoms with Crippen molar-refractivity contribution in [2.75, 3.05) is 20.8 Å². The number of carbonyl (C=O) groups is 2. The van der Waals surface area contributed by atoms with Crippen LogP contribution in [0.1, 0.15) is 30.7 Å². The molecule has 1 saturated heterocycles. The van der Waals surface area contributed by atoms with Crippen LogP contribution in [0.15, 0.2) is 42.6 Å². The minimum atomic E-state index is -0.483. The molecule has 1 aromatic carbocycles. The number of rotatable bonds is 9. The molecule has 2 aromatic heterocycles. The average molecular weight is 438 g/mol. The Bertz CT molecular complexity index is 1110. The molecule has 3 aromatic rings. The molecule has 2 amide bonds. The third-order valence-corrected chi connectivity index (χ3v) is 5.73. The first-order valence-electron chi connectivity index (χ1n) is 10.7. The van der Waals surface area contributed by atoms with E-state index in [0.29, 0.717) is 43.9 Å². The summed E-state index contributed by atoms with van der Waals surface area (Å²) in [5, 5.41) is 11.3. The Balaban J connectivity index is 1.34. The van der Waals surface area contributed by atoms with Crippen molar-refractivity contribution in [3.8, 4) is 11.5 Å². The van der Waals surface area contributed by atoms with Gasteiger partial charge in [0.2, 0.25) is 11.8 Å². The van der Waals surface area contributed by atoms with Crippen LogP contribution in [0.5, 0.6) is 11.5 Å². The Labute approximate surface area is 186 Å². The first-order valence-corrected chi connectivity index (χ1v) is 10.7. The van der Waals surface area contributed by atoms with Gasteiger partial charge in [0.1, 0.15) is 23.4 Å². The van der Waals surface area contributed by atoms with Crippen LogP contribution < -0.4 is 14.8 Å². The van der Waals surface area contributed by atoms with E-state index in [1.165, 1.54) is 0 Å². The summed E-state index contributed by atoms with van der Waals surface area (Å²) in [6.07, 6.45) is 4.23. The van der Waals surface area contributed by atoms with Crippen LogP contribution in [0.4, 0.5) is 0 Å². The number of aryl methyl sites for hydroxylation is 1. The second-order valence-electron chi connectivity index (χ2n) is 7.69. The van der Waals surface area contributed by atoms with Gasteiger partial charge in [-0.25, -0.2) is 0 Å². The summed E-state index contributed by atoms with van der Waals surface area (Å²) >= 11 is 0. The number of amides is 2. The van der Waals surface area contributed by atoms with E-state index in [1.54, 1.807) is 25.2 Å². The van der Waals surface area contributed by atoms with Gasteiger partial charge in [-0.3, -0.25) is 14.0 Å². The highest BCUT2D eigenvalue weighted by atomic mass is 16.5. The minimum Gasteiger partial charge on any atom is -0.497 e. The number of pyridine rings is 1. The minimum absolute atomic E-state index is 0.0297. The number of hydrogen-bond donors (Lipinski definition) is 1. The van der Waals surface area contributed by atoms with E-state index in [2.05, 4.69) is 15.5 Å². The van der Waals surface area contributed by atoms with Crippen molar-refractivity contribution >= 4 is 17.5 Å². The van der Waals surface area contributed by atoms with Crippen molar-refractivity contribution in [2.24, 2.45) is 0 Å². The molecular weight excluding hydrogens is 410 g/mol. The third kappa shape index (κ3) is 4.51. The molecule has 9 heteroatoms. The van der Waals surface area contributed by atoms with E-state index >= 15 is 0 Å². The molecule has 1 unspecified atom stereocenters. The van der Waals surface area contributed by atoms with Gasteiger partial charge in [0.25, 0.3) is 0 Å². The molecular formula is C23H27N5O4. The first kappa shape index (κ1) is 21.6. The van der Waals surface area contributed by atoms with Crippen LogP contribution in [0.3, 0.4) is 0 Å². The van der Waals surface area contributed by atoms with Crippen molar-refractivity contribution in [3.05, 3.63) is 54.0 Å². The normalized spacial score (nSPS) is 15.9. The highest BCUT2D eigenvalue weighted by molar-refractivity contribution is 5.90. The summed E-state index contributed by atoms with van der Waals surface area (Å²) in [6, 6.07) is 10.7. The largest absolute Gasteiger partial charge is 0.497 e. The monoisotopic (exact) mass is 437 g/mol. The molecule has 0 radical (unpaired) electrons. The third-order valence-electron chi connectivity index (χ3n) is 5.73. The van der Waals surface area contributed by atoms with Gasteiger partial charge in [0.05, 0.1) is 20.8 Å². The lowest BCUT2D eigenvalue weighted by Crippen LogP contribution is -2.44. The number of nitrogens with zero attached hydrogens (tertiary/aromatic N) is 4. The van der Waals surface area contributed by atoms with Gasteiger partial charge in [0, 0.05) is 37.2 Å². The van der Waals surface area contributed by atoms with E-state index in [-0.39, 0.29) is 11.8 Å². The number of ether oxygens (including phenoxy) is 2. The molecule has 1 N–H and O–H groups in total. The fourth-order valence-corrected chi connectivity index (χ4v) is 4.01. The van der Waals surface area contributed by atoms with Crippen LogP contribution in [-0.2, 0) is 22.6 Å². The van der Waals surface area contributed by atoms with Gasteiger partial charge < -0.3 is 19.7 Å². The number of methoxy groups -OCH3 is 2. The zero-order valence-corrected chi connectivity index (χ0v) is 18.3. The van der Waals surface area contributed by atoms with E-state index in [4.69, 9.17) is 9.47 Å². The summed E-state index contributed by atoms with van der Waals surface area (Å²) < 4.78 is 12.6. The van der Waals surface area contributed by atoms with Crippen LogP contribution in [0, 0.1) is 0 Å². The lowest BCUT2D eigenvalue weighted by atomic mass is 10.1. The molecule has 9 nitrogen and oxygen atoms in total. The van der Waals surface area contributed by atoms with Gasteiger partial charge >= 0.3 is 0 Å². The van der Waals surface area contributed by atoms with Crippen LogP contribution >= 0.6 is 0 Å². The second-order valence-corrected chi connectivity index (χ2v) is 7.69. The number of fused-ring (bicyclic) bond motifs is 1. The molecule has 1 fully saturated rings. The highest BCUT2D eigenvalue weighted by Crippen LogP contribution is 2.29. The lowest BCUT2D eigenvalue weighted by Gasteiger charge is -2.25. The zero-order chi connectivity index (χ0) is 22.5. The molecule has 32 heavy (non-hydrogen) atoms. The van der Waals surface area contributed by atoms with E-state index < -0.39 is 6.04 Å². The Morgan fingerprint density at radius 1 is 1.19 bits per heavy atom. The number of aromatic nitrogens is 3. The molecule has 1 aliphatic rings. The quantitative estimate of drug-likeness (QED) is 0.514. The van der Waals surface area contributed by atoms with Gasteiger partial charge in [-0.2, -0.15) is 0 Å². The summed E-state index contributed by atoms with van der Waals surface area (Å²) in [5.41, 5.74) is 1.64. The van der Waals surface area contributed by atoms with E-state index in [9.17, 15) is 9.59 Å². The van der Waals surface area contributed by atoms with Gasteiger partial charge in [0.15, 0.2) is 5.65 Å².